The number of benzene rings is 1. The van der Waals surface area contributed by atoms with E-state index in [0.717, 1.165) is 36.6 Å². The van der Waals surface area contributed by atoms with Crippen LogP contribution >= 0.6 is 0 Å². The lowest BCUT2D eigenvalue weighted by Gasteiger charge is -2.36. The van der Waals surface area contributed by atoms with Gasteiger partial charge in [0.05, 0.1) is 11.3 Å². The zero-order chi connectivity index (χ0) is 15.0. The molecule has 21 heavy (non-hydrogen) atoms. The van der Waals surface area contributed by atoms with Crippen molar-refractivity contribution in [1.82, 2.24) is 0 Å². The van der Waals surface area contributed by atoms with Gasteiger partial charge in [0.2, 0.25) is 0 Å². The summed E-state index contributed by atoms with van der Waals surface area (Å²) >= 11 is 0. The molecule has 1 amide bonds. The fraction of sp³-hybridized carbons (Fsp3) is 0.562. The van der Waals surface area contributed by atoms with Gasteiger partial charge in [0.1, 0.15) is 5.75 Å². The van der Waals surface area contributed by atoms with Gasteiger partial charge in [0.25, 0.3) is 5.91 Å². The lowest BCUT2D eigenvalue weighted by Crippen LogP contribution is -2.40. The highest BCUT2D eigenvalue weighted by Gasteiger charge is 2.29. The Kier molecular flexibility index (Phi) is 3.53. The Morgan fingerprint density at radius 2 is 2.19 bits per heavy atom. The van der Waals surface area contributed by atoms with E-state index in [1.165, 1.54) is 0 Å². The zero-order valence-corrected chi connectivity index (χ0v) is 12.7. The minimum Gasteiger partial charge on any atom is -0.479 e. The molecule has 2 heterocycles. The number of rotatable bonds is 2. The summed E-state index contributed by atoms with van der Waals surface area (Å²) in [5, 5.41) is 6.40. The van der Waals surface area contributed by atoms with E-state index < -0.39 is 6.10 Å². The standard InChI is InChI=1S/C16H22N2O3/c1-10-15(19)18-13-8-11(4-5-14(13)21-10)17-12-6-7-20-16(2,3)9-12/h4-5,8,10,12,17H,6-7,9H2,1-3H3,(H,18,19). The van der Waals surface area contributed by atoms with Gasteiger partial charge < -0.3 is 20.1 Å². The SMILES string of the molecule is CC1Oc2ccc(NC3CCOC(C)(C)C3)cc2NC1=O. The maximum Gasteiger partial charge on any atom is 0.265 e. The summed E-state index contributed by atoms with van der Waals surface area (Å²) < 4.78 is 11.3. The number of hydrogen-bond acceptors (Lipinski definition) is 4. The molecule has 2 atom stereocenters. The molecule has 2 aliphatic heterocycles. The Balaban J connectivity index is 1.72. The topological polar surface area (TPSA) is 59.6 Å². The van der Waals surface area contributed by atoms with E-state index in [1.807, 2.05) is 18.2 Å². The second-order valence-electron chi connectivity index (χ2n) is 6.40. The van der Waals surface area contributed by atoms with Crippen LogP contribution in [0.15, 0.2) is 18.2 Å². The van der Waals surface area contributed by atoms with Crippen molar-refractivity contribution in [3.8, 4) is 5.75 Å². The van der Waals surface area contributed by atoms with Crippen LogP contribution in [0.1, 0.15) is 33.6 Å². The molecular weight excluding hydrogens is 268 g/mol. The Morgan fingerprint density at radius 3 is 2.95 bits per heavy atom. The predicted octanol–water partition coefficient (Wildman–Crippen LogP) is 2.78. The summed E-state index contributed by atoms with van der Waals surface area (Å²) in [7, 11) is 0. The van der Waals surface area contributed by atoms with Crippen LogP contribution in [0.25, 0.3) is 0 Å². The molecule has 2 aliphatic rings. The highest BCUT2D eigenvalue weighted by atomic mass is 16.5. The fourth-order valence-electron chi connectivity index (χ4n) is 2.89. The van der Waals surface area contributed by atoms with Gasteiger partial charge in [-0.25, -0.2) is 0 Å². The van der Waals surface area contributed by atoms with E-state index in [1.54, 1.807) is 6.92 Å². The molecule has 0 aliphatic carbocycles. The lowest BCUT2D eigenvalue weighted by molar-refractivity contribution is -0.122. The van der Waals surface area contributed by atoms with Crippen molar-refractivity contribution in [1.29, 1.82) is 0 Å². The van der Waals surface area contributed by atoms with E-state index in [-0.39, 0.29) is 11.5 Å². The van der Waals surface area contributed by atoms with Gasteiger partial charge in [-0.3, -0.25) is 4.79 Å². The molecule has 2 N–H and O–H groups in total. The van der Waals surface area contributed by atoms with Crippen molar-refractivity contribution in [2.45, 2.75) is 51.4 Å². The van der Waals surface area contributed by atoms with Crippen LogP contribution in [0.4, 0.5) is 11.4 Å². The van der Waals surface area contributed by atoms with Crippen LogP contribution in [-0.2, 0) is 9.53 Å². The Hall–Kier alpha value is -1.75. The highest BCUT2D eigenvalue weighted by molar-refractivity contribution is 5.98. The first kappa shape index (κ1) is 14.2. The predicted molar refractivity (Wildman–Crippen MR) is 81.8 cm³/mol. The molecule has 0 saturated carbocycles. The smallest absolute Gasteiger partial charge is 0.265 e. The third-order valence-electron chi connectivity index (χ3n) is 3.98. The first-order valence-electron chi connectivity index (χ1n) is 7.45. The molecule has 0 radical (unpaired) electrons. The molecule has 1 aromatic carbocycles. The largest absolute Gasteiger partial charge is 0.479 e. The molecule has 1 saturated heterocycles. The van der Waals surface area contributed by atoms with Crippen LogP contribution in [0, 0.1) is 0 Å². The molecule has 0 spiro atoms. The number of nitrogens with one attached hydrogen (secondary N) is 2. The minimum atomic E-state index is -0.437. The molecule has 1 aromatic rings. The summed E-state index contributed by atoms with van der Waals surface area (Å²) in [6, 6.07) is 6.21. The van der Waals surface area contributed by atoms with Gasteiger partial charge in [0.15, 0.2) is 6.10 Å². The van der Waals surface area contributed by atoms with E-state index in [4.69, 9.17) is 9.47 Å². The first-order chi connectivity index (χ1) is 9.93. The number of ether oxygens (including phenoxy) is 2. The monoisotopic (exact) mass is 290 g/mol. The second kappa shape index (κ2) is 5.22. The van der Waals surface area contributed by atoms with Crippen molar-refractivity contribution in [3.05, 3.63) is 18.2 Å². The van der Waals surface area contributed by atoms with Gasteiger partial charge in [-0.15, -0.1) is 0 Å². The number of anilines is 2. The van der Waals surface area contributed by atoms with Gasteiger partial charge in [-0.1, -0.05) is 0 Å². The molecule has 5 nitrogen and oxygen atoms in total. The molecule has 5 heteroatoms. The zero-order valence-electron chi connectivity index (χ0n) is 12.7. The van der Waals surface area contributed by atoms with Gasteiger partial charge in [-0.05, 0) is 51.8 Å². The number of carbonyl (C=O) groups excluding carboxylic acids is 1. The number of hydrogen-bond donors (Lipinski definition) is 2. The third-order valence-corrected chi connectivity index (χ3v) is 3.98. The van der Waals surface area contributed by atoms with Crippen molar-refractivity contribution in [2.24, 2.45) is 0 Å². The number of carbonyl (C=O) groups is 1. The molecule has 0 aromatic heterocycles. The summed E-state index contributed by atoms with van der Waals surface area (Å²) in [5.41, 5.74) is 1.64. The Labute approximate surface area is 125 Å². The van der Waals surface area contributed by atoms with Crippen molar-refractivity contribution >= 4 is 17.3 Å². The summed E-state index contributed by atoms with van der Waals surface area (Å²) in [6.07, 6.45) is 1.51. The van der Waals surface area contributed by atoms with Gasteiger partial charge in [0, 0.05) is 18.3 Å². The number of amides is 1. The van der Waals surface area contributed by atoms with Crippen LogP contribution < -0.4 is 15.4 Å². The maximum atomic E-state index is 11.7. The third kappa shape index (κ3) is 3.13. The van der Waals surface area contributed by atoms with Crippen molar-refractivity contribution < 1.29 is 14.3 Å². The maximum absolute atomic E-state index is 11.7. The van der Waals surface area contributed by atoms with Gasteiger partial charge in [-0.2, -0.15) is 0 Å². The molecule has 3 rings (SSSR count). The van der Waals surface area contributed by atoms with Crippen LogP contribution in [0.3, 0.4) is 0 Å². The number of fused-ring (bicyclic) bond motifs is 1. The highest BCUT2D eigenvalue weighted by Crippen LogP contribution is 2.33. The van der Waals surface area contributed by atoms with Crippen LogP contribution in [-0.4, -0.2) is 30.3 Å². The van der Waals surface area contributed by atoms with Gasteiger partial charge >= 0.3 is 0 Å². The minimum absolute atomic E-state index is 0.0864. The van der Waals surface area contributed by atoms with Crippen LogP contribution in [0.2, 0.25) is 0 Å². The second-order valence-corrected chi connectivity index (χ2v) is 6.40. The molecular formula is C16H22N2O3. The molecule has 2 unspecified atom stereocenters. The first-order valence-corrected chi connectivity index (χ1v) is 7.45. The van der Waals surface area contributed by atoms with Crippen molar-refractivity contribution in [2.75, 3.05) is 17.2 Å². The molecule has 1 fully saturated rings. The van der Waals surface area contributed by atoms with Crippen LogP contribution in [0.5, 0.6) is 5.75 Å². The van der Waals surface area contributed by atoms with E-state index >= 15 is 0 Å². The fourth-order valence-corrected chi connectivity index (χ4v) is 2.89. The summed E-state index contributed by atoms with van der Waals surface area (Å²) in [5.74, 6) is 0.617. The summed E-state index contributed by atoms with van der Waals surface area (Å²) in [6.45, 7) is 6.74. The average Bonchev–Trinajstić information content (AvgIpc) is 2.39. The average molecular weight is 290 g/mol. The summed E-state index contributed by atoms with van der Waals surface area (Å²) in [4.78, 5) is 11.7. The van der Waals surface area contributed by atoms with Crippen molar-refractivity contribution in [3.63, 3.8) is 0 Å². The quantitative estimate of drug-likeness (QED) is 0.879. The lowest BCUT2D eigenvalue weighted by atomic mass is 9.94. The molecule has 114 valence electrons. The van der Waals surface area contributed by atoms with E-state index in [2.05, 4.69) is 24.5 Å². The van der Waals surface area contributed by atoms with E-state index in [0.29, 0.717) is 6.04 Å². The van der Waals surface area contributed by atoms with E-state index in [9.17, 15) is 4.79 Å². The normalized spacial score (nSPS) is 27.3. The Bertz CT molecular complexity index is 556. The Morgan fingerprint density at radius 1 is 1.38 bits per heavy atom. The molecule has 0 bridgehead atoms.